The minimum Gasteiger partial charge on any atom is -1.00 e. The lowest BCUT2D eigenvalue weighted by Gasteiger charge is -1.82. The van der Waals surface area contributed by atoms with E-state index in [0.717, 1.165) is 0 Å². The van der Waals surface area contributed by atoms with E-state index in [1.54, 1.807) is 0 Å². The first kappa shape index (κ1) is 18.2. The molecule has 76 valence electrons. The van der Waals surface area contributed by atoms with Gasteiger partial charge in [-0.3, -0.25) is 0 Å². The molecule has 5 N–H and O–H groups in total. The lowest BCUT2D eigenvalue weighted by atomic mass is 12.0. The highest BCUT2D eigenvalue weighted by atomic mass is 36.0. The largest absolute Gasteiger partial charge is 1.00 e. The van der Waals surface area contributed by atoms with Crippen molar-refractivity contribution in [1.82, 2.24) is 0 Å². The quantitative estimate of drug-likeness (QED) is 0.633. The van der Waals surface area contributed by atoms with Gasteiger partial charge < -0.3 is 21.6 Å². The van der Waals surface area contributed by atoms with Crippen molar-refractivity contribution in [2.45, 2.75) is 7.43 Å². The number of hydrogen-bond acceptors (Lipinski definition) is 2. The van der Waals surface area contributed by atoms with Gasteiger partial charge in [0.1, 0.15) is 0 Å². The molecular formula is CH10Cl3O5P2-. The molecule has 10 heteroatoms. The van der Waals surface area contributed by atoms with Gasteiger partial charge in [-0.1, -0.05) is 41.1 Å². The predicted molar refractivity (Wildman–Crippen MR) is 50.2 cm³/mol. The number of hydrogen-bond donors (Lipinski definition) is 3. The molecule has 0 saturated heterocycles. The highest BCUT2D eigenvalue weighted by Gasteiger charge is 2.00. The molecule has 0 atom stereocenters. The molecule has 0 aliphatic heterocycles. The minimum atomic E-state index is -4.48. The molecule has 0 spiro atoms. The fourth-order valence-electron chi connectivity index (χ4n) is 0. The maximum absolute atomic E-state index is 9.28. The summed E-state index contributed by atoms with van der Waals surface area (Å²) in [5, 5.41) is 0. The molecule has 0 unspecified atom stereocenters. The van der Waals surface area contributed by atoms with Crippen molar-refractivity contribution in [1.29, 1.82) is 1.43 Å². The van der Waals surface area contributed by atoms with Crippen molar-refractivity contribution in [3.63, 3.8) is 0 Å². The third-order valence-corrected chi connectivity index (χ3v) is 0. The van der Waals surface area contributed by atoms with Crippen molar-refractivity contribution in [2.24, 2.45) is 0 Å². The van der Waals surface area contributed by atoms with E-state index in [1.807, 2.05) is 0 Å². The summed E-state index contributed by atoms with van der Waals surface area (Å²) >= 11 is 14.6. The maximum atomic E-state index is 9.28. The second-order valence-corrected chi connectivity index (χ2v) is 6.65. The van der Waals surface area contributed by atoms with Crippen LogP contribution in [0.2, 0.25) is 0 Å². The number of rotatable bonds is 1. The normalized spacial score (nSPS) is 9.82. The van der Waals surface area contributed by atoms with Crippen molar-refractivity contribution in [3.05, 3.63) is 0 Å². The highest BCUT2D eigenvalue weighted by Crippen LogP contribution is 2.51. The van der Waals surface area contributed by atoms with Crippen LogP contribution in [0.15, 0.2) is 0 Å². The molecule has 0 amide bonds. The van der Waals surface area contributed by atoms with Gasteiger partial charge in [0.25, 0.3) is 0 Å². The molecule has 0 aliphatic rings. The van der Waals surface area contributed by atoms with Crippen molar-refractivity contribution in [2.75, 3.05) is 0 Å². The van der Waals surface area contributed by atoms with Crippen LogP contribution in [0.3, 0.4) is 0 Å². The van der Waals surface area contributed by atoms with E-state index in [-0.39, 0.29) is 14.3 Å². The van der Waals surface area contributed by atoms with E-state index < -0.39 is 13.8 Å². The fourth-order valence-corrected chi connectivity index (χ4v) is 0. The molecule has 0 rings (SSSR count). The Morgan fingerprint density at radius 1 is 1.45 bits per heavy atom. The lowest BCUT2D eigenvalue weighted by molar-refractivity contribution is 0.275. The van der Waals surface area contributed by atoms with Crippen LogP contribution in [-0.2, 0) is 4.57 Å². The van der Waals surface area contributed by atoms with E-state index in [0.29, 0.717) is 0 Å². The molecular weight excluding hydrogens is 260 g/mol. The van der Waals surface area contributed by atoms with E-state index in [9.17, 15) is 4.57 Å². The lowest BCUT2D eigenvalue weighted by Crippen LogP contribution is -1.66. The Kier molecular flexibility index (Phi) is 18.8. The predicted octanol–water partition coefficient (Wildman–Crippen LogP) is 1.92. The molecule has 0 fully saturated rings. The SMILES string of the molecule is C.ClP(Cl)Cl.O.[2H-].[2H]OP(=O)(O)O. The Bertz CT molecular complexity index is 118. The monoisotopic (exact) mass is 271 g/mol. The summed E-state index contributed by atoms with van der Waals surface area (Å²) in [6, 6.07) is 0. The Hall–Kier alpha value is 1.37. The van der Waals surface area contributed by atoms with Crippen LogP contribution < -0.4 is 0 Å². The van der Waals surface area contributed by atoms with Crippen LogP contribution in [-0.4, -0.2) is 21.6 Å². The zero-order valence-electron chi connectivity index (χ0n) is 6.24. The summed E-state index contributed by atoms with van der Waals surface area (Å²) < 4.78 is 14.9. The van der Waals surface area contributed by atoms with E-state index in [1.165, 1.54) is 0 Å². The standard InChI is InChI=1S/CH4.Cl3P.H3O4P.H2O.H/c;1-4(2)3;1-5(2,3)4;;/h1H4;;(H3,1,2,3,4);1H2;/q;;;;-1/i;;;;1+1/hD. The molecule has 0 aromatic heterocycles. The maximum Gasteiger partial charge on any atom is 0.466 e. The van der Waals surface area contributed by atoms with Gasteiger partial charge in [0.15, 0.2) is 5.98 Å². The molecule has 11 heavy (non-hydrogen) atoms. The molecule has 5 nitrogen and oxygen atoms in total. The zero-order chi connectivity index (χ0) is 8.78. The minimum absolute atomic E-state index is 0. The van der Waals surface area contributed by atoms with Gasteiger partial charge in [0.05, 0.1) is 0 Å². The molecule has 0 aromatic carbocycles. The Labute approximate surface area is 82.9 Å². The van der Waals surface area contributed by atoms with Crippen LogP contribution in [0.25, 0.3) is 0 Å². The summed E-state index contributed by atoms with van der Waals surface area (Å²) in [7, 11) is -4.48. The highest BCUT2D eigenvalue weighted by molar-refractivity contribution is 8.20. The summed E-state index contributed by atoms with van der Waals surface area (Å²) in [4.78, 5) is 17.9. The molecule has 0 aromatic rings. The average molecular weight is 272 g/mol. The van der Waals surface area contributed by atoms with Crippen LogP contribution in [0.1, 0.15) is 8.85 Å². The third kappa shape index (κ3) is 532. The van der Waals surface area contributed by atoms with E-state index in [2.05, 4.69) is 4.90 Å². The fraction of sp³-hybridized carbons (Fsp3) is 1.00. The first-order chi connectivity index (χ1) is 4.29. The van der Waals surface area contributed by atoms with Crippen LogP contribution >= 0.6 is 47.5 Å². The van der Waals surface area contributed by atoms with E-state index in [4.69, 9.17) is 44.9 Å². The smallest absolute Gasteiger partial charge is 0.466 e. The summed E-state index contributed by atoms with van der Waals surface area (Å²) in [5.74, 6) is -1.20. The molecule has 0 bridgehead atoms. The van der Waals surface area contributed by atoms with Gasteiger partial charge in [-0.2, -0.15) is 0 Å². The first-order valence-electron chi connectivity index (χ1n) is 1.68. The van der Waals surface area contributed by atoms with Crippen LogP contribution in [0, 0.1) is 0 Å². The topological polar surface area (TPSA) is 109 Å². The first-order valence-corrected chi connectivity index (χ1v) is 6.86. The number of halogens is 3. The van der Waals surface area contributed by atoms with Gasteiger partial charge in [0.2, 0.25) is 1.43 Å². The zero-order valence-corrected chi connectivity index (χ0v) is 8.30. The van der Waals surface area contributed by atoms with E-state index >= 15 is 0 Å². The van der Waals surface area contributed by atoms with Crippen LogP contribution in [0.5, 0.6) is 0 Å². The molecule has 0 saturated carbocycles. The van der Waals surface area contributed by atoms with Crippen LogP contribution in [0.4, 0.5) is 0 Å². The second kappa shape index (κ2) is 11.4. The Morgan fingerprint density at radius 3 is 1.55 bits per heavy atom. The summed E-state index contributed by atoms with van der Waals surface area (Å²) in [5.41, 5.74) is 0. The van der Waals surface area contributed by atoms with Gasteiger partial charge in [-0.05, 0) is 0 Å². The number of phosphoric acid groups is 1. The second-order valence-electron chi connectivity index (χ2n) is 0.682. The Morgan fingerprint density at radius 2 is 1.55 bits per heavy atom. The van der Waals surface area contributed by atoms with Gasteiger partial charge in [-0.15, -0.1) is 0 Å². The van der Waals surface area contributed by atoms with Crippen molar-refractivity contribution in [3.8, 4) is 0 Å². The van der Waals surface area contributed by atoms with Gasteiger partial charge in [-0.25, -0.2) is 4.57 Å². The summed E-state index contributed by atoms with van der Waals surface area (Å²) in [6.07, 6.45) is 0. The van der Waals surface area contributed by atoms with Crippen molar-refractivity contribution >= 4 is 47.5 Å². The van der Waals surface area contributed by atoms with Gasteiger partial charge >= 0.3 is 7.82 Å². The average Bonchev–Trinajstić information content (AvgIpc) is 1.63. The van der Waals surface area contributed by atoms with Gasteiger partial charge in [0, 0.05) is 0 Å². The summed E-state index contributed by atoms with van der Waals surface area (Å²) in [6.45, 7) is 0. The molecule has 0 radical (unpaired) electrons. The molecule has 0 aliphatic carbocycles. The third-order valence-electron chi connectivity index (χ3n) is 0. The molecule has 0 heterocycles. The van der Waals surface area contributed by atoms with Crippen molar-refractivity contribution < 1.29 is 26.2 Å². The Balaban J connectivity index is -0.0000000279.